The molecule has 0 aliphatic rings. The van der Waals surface area contributed by atoms with E-state index < -0.39 is 29.5 Å². The highest BCUT2D eigenvalue weighted by atomic mass is 19.4. The van der Waals surface area contributed by atoms with Crippen LogP contribution in [0.3, 0.4) is 0 Å². The number of nitrogens with one attached hydrogen (secondary N) is 2. The number of amides is 2. The lowest BCUT2D eigenvalue weighted by Gasteiger charge is -2.15. The Morgan fingerprint density at radius 1 is 1.21 bits per heavy atom. The lowest BCUT2D eigenvalue weighted by Crippen LogP contribution is -2.36. The van der Waals surface area contributed by atoms with Crippen LogP contribution in [0.2, 0.25) is 0 Å². The number of ether oxygens (including phenoxy) is 1. The summed E-state index contributed by atoms with van der Waals surface area (Å²) in [6.07, 6.45) is -0.980. The molecule has 0 saturated carbocycles. The molecule has 2 rings (SSSR count). The number of rotatable bonds is 11. The van der Waals surface area contributed by atoms with Crippen LogP contribution in [-0.4, -0.2) is 29.4 Å². The molecular weight excluding hydrogens is 442 g/mol. The van der Waals surface area contributed by atoms with Crippen molar-refractivity contribution in [2.45, 2.75) is 44.9 Å². The molecule has 0 radical (unpaired) electrons. The lowest BCUT2D eigenvalue weighted by atomic mass is 10.1. The number of aromatic nitrogens is 1. The second kappa shape index (κ2) is 12.0. The van der Waals surface area contributed by atoms with Gasteiger partial charge < -0.3 is 15.4 Å². The Balaban J connectivity index is 1.70. The van der Waals surface area contributed by atoms with Gasteiger partial charge in [0.05, 0.1) is 17.8 Å². The van der Waals surface area contributed by atoms with E-state index in [0.29, 0.717) is 18.4 Å². The summed E-state index contributed by atoms with van der Waals surface area (Å²) >= 11 is 0. The van der Waals surface area contributed by atoms with Crippen molar-refractivity contribution in [2.75, 3.05) is 6.61 Å². The molecule has 0 aliphatic heterocycles. The van der Waals surface area contributed by atoms with E-state index in [1.165, 1.54) is 12.1 Å². The minimum atomic E-state index is -4.48. The first-order valence-corrected chi connectivity index (χ1v) is 10.2. The van der Waals surface area contributed by atoms with E-state index in [-0.39, 0.29) is 36.9 Å². The summed E-state index contributed by atoms with van der Waals surface area (Å²) in [6.45, 7) is 4.83. The third-order valence-electron chi connectivity index (χ3n) is 4.67. The van der Waals surface area contributed by atoms with E-state index in [1.54, 1.807) is 19.1 Å². The summed E-state index contributed by atoms with van der Waals surface area (Å²) in [4.78, 5) is 27.8. The molecule has 2 N–H and O–H groups in total. The second-order valence-corrected chi connectivity index (χ2v) is 7.31. The Labute approximate surface area is 189 Å². The van der Waals surface area contributed by atoms with Gasteiger partial charge in [0.25, 0.3) is 5.91 Å². The van der Waals surface area contributed by atoms with E-state index >= 15 is 0 Å². The molecule has 2 aromatic rings. The number of pyridine rings is 1. The minimum Gasteiger partial charge on any atom is -0.484 e. The van der Waals surface area contributed by atoms with Crippen molar-refractivity contribution in [1.29, 1.82) is 0 Å². The number of nitrogens with zero attached hydrogens (tertiary/aromatic N) is 1. The Kier molecular flexibility index (Phi) is 9.38. The molecule has 6 nitrogen and oxygen atoms in total. The van der Waals surface area contributed by atoms with Gasteiger partial charge in [0, 0.05) is 24.7 Å². The van der Waals surface area contributed by atoms with Gasteiger partial charge in [-0.3, -0.25) is 14.6 Å². The number of benzene rings is 1. The van der Waals surface area contributed by atoms with Crippen LogP contribution in [0.15, 0.2) is 49.2 Å². The Hall–Kier alpha value is -3.43. The standard InChI is InChI=1S/C23H25F4N3O3/c1-3-17(30-22(32)14-33-19-8-7-15(2)20(24)12-19)5-4-6-21(31)29-13-18-11-16(9-10-28-18)23(25,26)27/h3,7-12,17H,1,4-6,13-14H2,2H3,(H,29,31)(H,30,32). The van der Waals surface area contributed by atoms with Crippen LogP contribution in [0.25, 0.3) is 0 Å². The zero-order valence-electron chi connectivity index (χ0n) is 18.0. The third kappa shape index (κ3) is 8.91. The Morgan fingerprint density at radius 2 is 1.97 bits per heavy atom. The highest BCUT2D eigenvalue weighted by Crippen LogP contribution is 2.28. The molecule has 1 heterocycles. The number of aryl methyl sites for hydroxylation is 1. The number of carbonyl (C=O) groups is 2. The van der Waals surface area contributed by atoms with Gasteiger partial charge in [-0.1, -0.05) is 12.1 Å². The van der Waals surface area contributed by atoms with Crippen LogP contribution in [0.1, 0.15) is 36.1 Å². The van der Waals surface area contributed by atoms with Crippen LogP contribution in [0.4, 0.5) is 17.6 Å². The molecule has 0 aliphatic carbocycles. The van der Waals surface area contributed by atoms with E-state index in [4.69, 9.17) is 4.74 Å². The first-order valence-electron chi connectivity index (χ1n) is 10.2. The molecule has 33 heavy (non-hydrogen) atoms. The summed E-state index contributed by atoms with van der Waals surface area (Å²) in [7, 11) is 0. The number of hydrogen-bond donors (Lipinski definition) is 2. The van der Waals surface area contributed by atoms with Gasteiger partial charge in [0.1, 0.15) is 11.6 Å². The third-order valence-corrected chi connectivity index (χ3v) is 4.67. The Morgan fingerprint density at radius 3 is 2.64 bits per heavy atom. The van der Waals surface area contributed by atoms with E-state index in [0.717, 1.165) is 18.3 Å². The smallest absolute Gasteiger partial charge is 0.416 e. The number of hydrogen-bond acceptors (Lipinski definition) is 4. The zero-order chi connectivity index (χ0) is 24.4. The predicted molar refractivity (Wildman–Crippen MR) is 114 cm³/mol. The largest absolute Gasteiger partial charge is 0.484 e. The van der Waals surface area contributed by atoms with Crippen LogP contribution >= 0.6 is 0 Å². The fourth-order valence-electron chi connectivity index (χ4n) is 2.82. The SMILES string of the molecule is C=CC(CCCC(=O)NCc1cc(C(F)(F)F)ccn1)NC(=O)COc1ccc(C)c(F)c1. The van der Waals surface area contributed by atoms with Gasteiger partial charge in [-0.2, -0.15) is 13.2 Å². The predicted octanol–water partition coefficient (Wildman–Crippen LogP) is 4.08. The summed E-state index contributed by atoms with van der Waals surface area (Å²) in [6, 6.07) is 5.64. The molecule has 0 spiro atoms. The molecule has 0 saturated heterocycles. The van der Waals surface area contributed by atoms with E-state index in [9.17, 15) is 27.2 Å². The maximum absolute atomic E-state index is 13.5. The molecule has 1 aromatic heterocycles. The Bertz CT molecular complexity index is 980. The normalized spacial score (nSPS) is 12.0. The minimum absolute atomic E-state index is 0.0999. The van der Waals surface area contributed by atoms with Crippen molar-refractivity contribution in [3.05, 3.63) is 71.8 Å². The zero-order valence-corrected chi connectivity index (χ0v) is 18.0. The molecule has 0 bridgehead atoms. The molecule has 178 valence electrons. The van der Waals surface area contributed by atoms with Crippen LogP contribution < -0.4 is 15.4 Å². The van der Waals surface area contributed by atoms with Gasteiger partial charge in [-0.05, 0) is 43.5 Å². The van der Waals surface area contributed by atoms with Crippen molar-refractivity contribution in [2.24, 2.45) is 0 Å². The summed E-state index contributed by atoms with van der Waals surface area (Å²) in [5.74, 6) is -0.983. The average molecular weight is 467 g/mol. The molecular formula is C23H25F4N3O3. The highest BCUT2D eigenvalue weighted by Gasteiger charge is 2.30. The van der Waals surface area contributed by atoms with Crippen molar-refractivity contribution in [1.82, 2.24) is 15.6 Å². The molecule has 1 unspecified atom stereocenters. The first-order chi connectivity index (χ1) is 15.6. The molecule has 10 heteroatoms. The van der Waals surface area contributed by atoms with Crippen molar-refractivity contribution in [3.8, 4) is 5.75 Å². The van der Waals surface area contributed by atoms with Gasteiger partial charge >= 0.3 is 6.18 Å². The second-order valence-electron chi connectivity index (χ2n) is 7.31. The van der Waals surface area contributed by atoms with E-state index in [1.807, 2.05) is 0 Å². The number of halogens is 4. The molecule has 1 aromatic carbocycles. The molecule has 2 amide bonds. The molecule has 1 atom stereocenters. The number of carbonyl (C=O) groups excluding carboxylic acids is 2. The van der Waals surface area contributed by atoms with Crippen molar-refractivity contribution < 1.29 is 31.9 Å². The summed E-state index contributed by atoms with van der Waals surface area (Å²) in [5, 5.41) is 5.22. The fourth-order valence-corrected chi connectivity index (χ4v) is 2.82. The first kappa shape index (κ1) is 25.8. The maximum atomic E-state index is 13.5. The molecule has 0 fully saturated rings. The quantitative estimate of drug-likeness (QED) is 0.386. The lowest BCUT2D eigenvalue weighted by molar-refractivity contribution is -0.137. The van der Waals surface area contributed by atoms with Crippen molar-refractivity contribution >= 4 is 11.8 Å². The van der Waals surface area contributed by atoms with E-state index in [2.05, 4.69) is 22.2 Å². The van der Waals surface area contributed by atoms with Crippen LogP contribution in [0, 0.1) is 12.7 Å². The highest BCUT2D eigenvalue weighted by molar-refractivity contribution is 5.78. The topological polar surface area (TPSA) is 80.3 Å². The van der Waals surface area contributed by atoms with Gasteiger partial charge in [-0.15, -0.1) is 6.58 Å². The monoisotopic (exact) mass is 467 g/mol. The fraction of sp³-hybridized carbons (Fsp3) is 0.348. The summed E-state index contributed by atoms with van der Waals surface area (Å²) < 4.78 is 56.9. The average Bonchev–Trinajstić information content (AvgIpc) is 2.77. The van der Waals surface area contributed by atoms with Gasteiger partial charge in [0.15, 0.2) is 6.61 Å². The maximum Gasteiger partial charge on any atom is 0.416 e. The van der Waals surface area contributed by atoms with Gasteiger partial charge in [-0.25, -0.2) is 4.39 Å². The summed E-state index contributed by atoms with van der Waals surface area (Å²) in [5.41, 5.74) is -0.265. The van der Waals surface area contributed by atoms with Crippen LogP contribution in [0.5, 0.6) is 5.75 Å². The van der Waals surface area contributed by atoms with Gasteiger partial charge in [0.2, 0.25) is 5.91 Å². The number of alkyl halides is 3. The van der Waals surface area contributed by atoms with Crippen LogP contribution in [-0.2, 0) is 22.3 Å². The van der Waals surface area contributed by atoms with Crippen molar-refractivity contribution in [3.63, 3.8) is 0 Å².